The van der Waals surface area contributed by atoms with Crippen LogP contribution in [0.2, 0.25) is 0 Å². The van der Waals surface area contributed by atoms with E-state index in [9.17, 15) is 9.59 Å². The number of carboxylic acid groups (broad SMARTS) is 1. The molecule has 0 amide bonds. The van der Waals surface area contributed by atoms with Crippen LogP contribution in [-0.4, -0.2) is 22.2 Å². The van der Waals surface area contributed by atoms with Crippen molar-refractivity contribution in [3.8, 4) is 0 Å². The molecule has 1 unspecified atom stereocenters. The van der Waals surface area contributed by atoms with E-state index >= 15 is 0 Å². The van der Waals surface area contributed by atoms with Crippen molar-refractivity contribution in [2.45, 2.75) is 6.92 Å². The van der Waals surface area contributed by atoms with Gasteiger partial charge in [0.1, 0.15) is 0 Å². The van der Waals surface area contributed by atoms with E-state index in [0.717, 1.165) is 5.69 Å². The van der Waals surface area contributed by atoms with Gasteiger partial charge in [0.15, 0.2) is 5.58 Å². The van der Waals surface area contributed by atoms with Crippen LogP contribution in [0.3, 0.4) is 0 Å². The van der Waals surface area contributed by atoms with E-state index in [4.69, 9.17) is 9.52 Å². The maximum absolute atomic E-state index is 11.3. The molecule has 0 saturated heterocycles. The van der Waals surface area contributed by atoms with Gasteiger partial charge in [0.05, 0.1) is 11.4 Å². The zero-order valence-corrected chi connectivity index (χ0v) is 10.1. The summed E-state index contributed by atoms with van der Waals surface area (Å²) in [7, 11) is 1.62. The molecule has 0 aliphatic heterocycles. The molecule has 1 aromatic heterocycles. The summed E-state index contributed by atoms with van der Waals surface area (Å²) in [5.74, 6) is -1.74. The smallest absolute Gasteiger partial charge is 0.419 e. The molecule has 1 heterocycles. The Kier molecular flexibility index (Phi) is 3.10. The second kappa shape index (κ2) is 4.56. The summed E-state index contributed by atoms with van der Waals surface area (Å²) in [6.45, 7) is 1.95. The Hall–Kier alpha value is -2.24. The van der Waals surface area contributed by atoms with Crippen LogP contribution in [0.1, 0.15) is 6.92 Å². The predicted molar refractivity (Wildman–Crippen MR) is 66.7 cm³/mol. The third kappa shape index (κ3) is 2.22. The fraction of sp³-hybridized carbons (Fsp3) is 0.333. The molecule has 18 heavy (non-hydrogen) atoms. The highest BCUT2D eigenvalue weighted by atomic mass is 16.4. The topological polar surface area (TPSA) is 84.5 Å². The third-order valence-corrected chi connectivity index (χ3v) is 2.83. The van der Waals surface area contributed by atoms with Gasteiger partial charge in [0.25, 0.3) is 0 Å². The van der Waals surface area contributed by atoms with Crippen molar-refractivity contribution in [2.24, 2.45) is 13.0 Å². The van der Waals surface area contributed by atoms with E-state index in [1.165, 1.54) is 4.57 Å². The summed E-state index contributed by atoms with van der Waals surface area (Å²) in [5, 5.41) is 11.8. The van der Waals surface area contributed by atoms with Crippen molar-refractivity contribution in [3.05, 3.63) is 28.7 Å². The monoisotopic (exact) mass is 250 g/mol. The molecule has 2 aromatic rings. The van der Waals surface area contributed by atoms with Crippen LogP contribution in [0.25, 0.3) is 11.1 Å². The van der Waals surface area contributed by atoms with Crippen LogP contribution in [0.5, 0.6) is 0 Å². The largest absolute Gasteiger partial charge is 0.481 e. The number of hydrogen-bond donors (Lipinski definition) is 2. The van der Waals surface area contributed by atoms with Crippen LogP contribution < -0.4 is 11.1 Å². The van der Waals surface area contributed by atoms with E-state index in [1.807, 2.05) is 0 Å². The number of aromatic nitrogens is 1. The van der Waals surface area contributed by atoms with Crippen LogP contribution in [0.4, 0.5) is 5.69 Å². The second-order valence-corrected chi connectivity index (χ2v) is 4.23. The van der Waals surface area contributed by atoms with E-state index in [2.05, 4.69) is 5.32 Å². The van der Waals surface area contributed by atoms with Crippen molar-refractivity contribution in [1.82, 2.24) is 4.57 Å². The SMILES string of the molecule is CC(CNc1ccc2oc(=O)n(C)c2c1)C(=O)O. The Bertz CT molecular complexity index is 641. The third-order valence-electron chi connectivity index (χ3n) is 2.83. The lowest BCUT2D eigenvalue weighted by Gasteiger charge is -2.09. The standard InChI is InChI=1S/C12H14N2O4/c1-7(11(15)16)6-13-8-3-4-10-9(5-8)14(2)12(17)18-10/h3-5,7,13H,6H2,1-2H3,(H,15,16). The Morgan fingerprint density at radius 1 is 1.56 bits per heavy atom. The number of rotatable bonds is 4. The Morgan fingerprint density at radius 3 is 2.94 bits per heavy atom. The lowest BCUT2D eigenvalue weighted by atomic mass is 10.2. The average Bonchev–Trinajstić information content (AvgIpc) is 2.62. The van der Waals surface area contributed by atoms with Gasteiger partial charge in [-0.15, -0.1) is 0 Å². The number of benzene rings is 1. The number of aliphatic carboxylic acids is 1. The molecule has 1 aromatic carbocycles. The van der Waals surface area contributed by atoms with E-state index in [-0.39, 0.29) is 0 Å². The minimum atomic E-state index is -0.848. The van der Waals surface area contributed by atoms with Gasteiger partial charge >= 0.3 is 11.7 Å². The molecule has 0 fully saturated rings. The zero-order chi connectivity index (χ0) is 13.3. The second-order valence-electron chi connectivity index (χ2n) is 4.23. The summed E-state index contributed by atoms with van der Waals surface area (Å²) in [4.78, 5) is 22.0. The highest BCUT2D eigenvalue weighted by molar-refractivity contribution is 5.78. The summed E-state index contributed by atoms with van der Waals surface area (Å²) < 4.78 is 6.41. The van der Waals surface area contributed by atoms with Crippen LogP contribution in [-0.2, 0) is 11.8 Å². The molecule has 2 rings (SSSR count). The Balaban J connectivity index is 2.22. The van der Waals surface area contributed by atoms with Gasteiger partial charge in [0.2, 0.25) is 0 Å². The summed E-state index contributed by atoms with van der Waals surface area (Å²) in [6, 6.07) is 5.19. The maximum atomic E-state index is 11.3. The number of hydrogen-bond acceptors (Lipinski definition) is 4. The van der Waals surface area contributed by atoms with E-state index in [0.29, 0.717) is 17.6 Å². The van der Waals surface area contributed by atoms with Crippen molar-refractivity contribution >= 4 is 22.8 Å². The minimum absolute atomic E-state index is 0.326. The Morgan fingerprint density at radius 2 is 2.28 bits per heavy atom. The molecule has 2 N–H and O–H groups in total. The molecule has 0 saturated carbocycles. The quantitative estimate of drug-likeness (QED) is 0.853. The Labute approximate surface area is 103 Å². The molecule has 6 heteroatoms. The van der Waals surface area contributed by atoms with Crippen molar-refractivity contribution < 1.29 is 14.3 Å². The van der Waals surface area contributed by atoms with Gasteiger partial charge in [0, 0.05) is 19.3 Å². The number of carboxylic acids is 1. The van der Waals surface area contributed by atoms with Gasteiger partial charge in [-0.05, 0) is 18.2 Å². The number of oxazole rings is 1. The van der Waals surface area contributed by atoms with E-state index in [1.54, 1.807) is 32.2 Å². The molecule has 0 aliphatic rings. The van der Waals surface area contributed by atoms with Gasteiger partial charge in [-0.2, -0.15) is 0 Å². The van der Waals surface area contributed by atoms with Crippen molar-refractivity contribution in [2.75, 3.05) is 11.9 Å². The number of carbonyl (C=O) groups is 1. The molecule has 6 nitrogen and oxygen atoms in total. The molecule has 0 aliphatic carbocycles. The fourth-order valence-electron chi connectivity index (χ4n) is 1.59. The van der Waals surface area contributed by atoms with Crippen molar-refractivity contribution in [1.29, 1.82) is 0 Å². The molecular weight excluding hydrogens is 236 g/mol. The molecule has 0 radical (unpaired) electrons. The maximum Gasteiger partial charge on any atom is 0.419 e. The first kappa shape index (κ1) is 12.2. The fourth-order valence-corrected chi connectivity index (χ4v) is 1.59. The van der Waals surface area contributed by atoms with E-state index < -0.39 is 17.6 Å². The molecule has 0 bridgehead atoms. The van der Waals surface area contributed by atoms with Gasteiger partial charge in [-0.25, -0.2) is 4.79 Å². The summed E-state index contributed by atoms with van der Waals surface area (Å²) in [6.07, 6.45) is 0. The molecule has 0 spiro atoms. The summed E-state index contributed by atoms with van der Waals surface area (Å²) >= 11 is 0. The number of aryl methyl sites for hydroxylation is 1. The number of anilines is 1. The first-order valence-electron chi connectivity index (χ1n) is 5.55. The normalized spacial score (nSPS) is 12.6. The first-order valence-corrected chi connectivity index (χ1v) is 5.55. The van der Waals surface area contributed by atoms with Gasteiger partial charge < -0.3 is 14.8 Å². The molecule has 96 valence electrons. The zero-order valence-electron chi connectivity index (χ0n) is 10.1. The minimum Gasteiger partial charge on any atom is -0.481 e. The predicted octanol–water partition coefficient (Wildman–Crippen LogP) is 1.26. The lowest BCUT2D eigenvalue weighted by molar-refractivity contribution is -0.140. The average molecular weight is 250 g/mol. The van der Waals surface area contributed by atoms with Gasteiger partial charge in [-0.1, -0.05) is 6.92 Å². The highest BCUT2D eigenvalue weighted by Crippen LogP contribution is 2.17. The number of fused-ring (bicyclic) bond motifs is 1. The highest BCUT2D eigenvalue weighted by Gasteiger charge is 2.11. The van der Waals surface area contributed by atoms with Gasteiger partial charge in [-0.3, -0.25) is 9.36 Å². The van der Waals surface area contributed by atoms with Crippen LogP contribution in [0.15, 0.2) is 27.4 Å². The lowest BCUT2D eigenvalue weighted by Crippen LogP contribution is -2.19. The first-order chi connectivity index (χ1) is 8.49. The van der Waals surface area contributed by atoms with Crippen molar-refractivity contribution in [3.63, 3.8) is 0 Å². The number of nitrogens with one attached hydrogen (secondary N) is 1. The molecule has 1 atom stereocenters. The summed E-state index contributed by atoms with van der Waals surface area (Å²) in [5.41, 5.74) is 1.94. The van der Waals surface area contributed by atoms with Crippen LogP contribution >= 0.6 is 0 Å². The number of nitrogens with zero attached hydrogens (tertiary/aromatic N) is 1. The molecular formula is C12H14N2O4. The van der Waals surface area contributed by atoms with Crippen LogP contribution in [0, 0.1) is 5.92 Å².